The molecule has 5 nitrogen and oxygen atoms in total. The van der Waals surface area contributed by atoms with Crippen molar-refractivity contribution in [2.24, 2.45) is 5.73 Å². The van der Waals surface area contributed by atoms with E-state index in [4.69, 9.17) is 5.73 Å². The Morgan fingerprint density at radius 2 is 1.75 bits per heavy atom. The predicted molar refractivity (Wildman–Crippen MR) is 60.8 cm³/mol. The molecule has 1 unspecified atom stereocenters. The molecule has 20 heavy (non-hydrogen) atoms. The van der Waals surface area contributed by atoms with Crippen molar-refractivity contribution in [1.82, 2.24) is 5.32 Å². The van der Waals surface area contributed by atoms with Gasteiger partial charge in [0.25, 0.3) is 0 Å². The summed E-state index contributed by atoms with van der Waals surface area (Å²) in [6, 6.07) is 5.61. The van der Waals surface area contributed by atoms with Crippen molar-refractivity contribution in [2.75, 3.05) is 0 Å². The lowest BCUT2D eigenvalue weighted by Crippen LogP contribution is -2.66. The molecule has 0 spiro atoms. The summed E-state index contributed by atoms with van der Waals surface area (Å²) in [5, 5.41) is 1.40. The SMILES string of the molecule is NC1(NC(=O)C(F)(F)F)CC(=O)c2ccccc2C1=O. The number of ketones is 2. The first kappa shape index (κ1) is 14.2. The number of fused-ring (bicyclic) bond motifs is 1. The van der Waals surface area contributed by atoms with Crippen LogP contribution in [0.5, 0.6) is 0 Å². The average Bonchev–Trinajstić information content (AvgIpc) is 2.35. The first-order valence-electron chi connectivity index (χ1n) is 5.50. The van der Waals surface area contributed by atoms with Crippen LogP contribution in [0.1, 0.15) is 27.1 Å². The molecule has 0 radical (unpaired) electrons. The molecule has 8 heteroatoms. The Labute approximate surface area is 110 Å². The number of amides is 1. The van der Waals surface area contributed by atoms with E-state index >= 15 is 0 Å². The zero-order valence-corrected chi connectivity index (χ0v) is 9.95. The van der Waals surface area contributed by atoms with Gasteiger partial charge in [-0.3, -0.25) is 14.4 Å². The molecule has 0 saturated carbocycles. The van der Waals surface area contributed by atoms with E-state index in [0.29, 0.717) is 0 Å². The highest BCUT2D eigenvalue weighted by atomic mass is 19.4. The molecule has 1 aliphatic carbocycles. The third kappa shape index (κ3) is 2.29. The number of nitrogens with one attached hydrogen (secondary N) is 1. The fraction of sp³-hybridized carbons (Fsp3) is 0.250. The monoisotopic (exact) mass is 286 g/mol. The quantitative estimate of drug-likeness (QED) is 0.747. The minimum absolute atomic E-state index is 0.0832. The number of nitrogens with two attached hydrogens (primary N) is 1. The number of Topliss-reactive ketones (excluding diaryl/α,β-unsaturated/α-hetero) is 2. The molecule has 0 bridgehead atoms. The van der Waals surface area contributed by atoms with Gasteiger partial charge in [-0.2, -0.15) is 13.2 Å². The Morgan fingerprint density at radius 1 is 1.20 bits per heavy atom. The summed E-state index contributed by atoms with van der Waals surface area (Å²) in [5.74, 6) is -3.89. The lowest BCUT2D eigenvalue weighted by molar-refractivity contribution is -0.175. The summed E-state index contributed by atoms with van der Waals surface area (Å²) < 4.78 is 36.7. The number of hydrogen-bond acceptors (Lipinski definition) is 4. The lowest BCUT2D eigenvalue weighted by Gasteiger charge is -2.32. The lowest BCUT2D eigenvalue weighted by atomic mass is 9.82. The Balaban J connectivity index is 2.38. The predicted octanol–water partition coefficient (Wildman–Crippen LogP) is 0.789. The van der Waals surface area contributed by atoms with Gasteiger partial charge in [-0.25, -0.2) is 0 Å². The zero-order valence-electron chi connectivity index (χ0n) is 9.95. The first-order valence-corrected chi connectivity index (χ1v) is 5.50. The maximum Gasteiger partial charge on any atom is 0.471 e. The number of alkyl halides is 3. The van der Waals surface area contributed by atoms with E-state index in [0.717, 1.165) is 0 Å². The smallest absolute Gasteiger partial charge is 0.323 e. The van der Waals surface area contributed by atoms with E-state index in [-0.39, 0.29) is 11.1 Å². The number of carbonyl (C=O) groups is 3. The molecule has 1 aromatic rings. The fourth-order valence-corrected chi connectivity index (χ4v) is 1.97. The summed E-state index contributed by atoms with van der Waals surface area (Å²) in [7, 11) is 0. The van der Waals surface area contributed by atoms with E-state index in [1.54, 1.807) is 0 Å². The van der Waals surface area contributed by atoms with Crippen LogP contribution in [0.4, 0.5) is 13.2 Å². The maximum absolute atomic E-state index is 12.2. The van der Waals surface area contributed by atoms with Crippen LogP contribution in [-0.4, -0.2) is 29.3 Å². The molecule has 106 valence electrons. The maximum atomic E-state index is 12.2. The summed E-state index contributed by atoms with van der Waals surface area (Å²) in [6.07, 6.45) is -5.91. The van der Waals surface area contributed by atoms with Crippen LogP contribution in [0.15, 0.2) is 24.3 Å². The van der Waals surface area contributed by atoms with Crippen molar-refractivity contribution in [3.63, 3.8) is 0 Å². The Bertz CT molecular complexity index is 612. The Hall–Kier alpha value is -2.22. The largest absolute Gasteiger partial charge is 0.471 e. The Kier molecular flexibility index (Phi) is 3.13. The van der Waals surface area contributed by atoms with Gasteiger partial charge in [-0.05, 0) is 0 Å². The summed E-state index contributed by atoms with van der Waals surface area (Å²) in [6.45, 7) is 0. The van der Waals surface area contributed by atoms with Crippen LogP contribution in [0, 0.1) is 0 Å². The van der Waals surface area contributed by atoms with Gasteiger partial charge in [0.15, 0.2) is 11.4 Å². The number of hydrogen-bond donors (Lipinski definition) is 2. The minimum atomic E-state index is -5.19. The van der Waals surface area contributed by atoms with Crippen LogP contribution in [0.25, 0.3) is 0 Å². The molecule has 0 fully saturated rings. The molecule has 0 aromatic heterocycles. The summed E-state index contributed by atoms with van der Waals surface area (Å²) >= 11 is 0. The highest BCUT2D eigenvalue weighted by Gasteiger charge is 2.49. The molecule has 1 atom stereocenters. The first-order chi connectivity index (χ1) is 9.15. The second kappa shape index (κ2) is 4.41. The molecule has 1 aliphatic rings. The number of benzene rings is 1. The highest BCUT2D eigenvalue weighted by molar-refractivity contribution is 6.19. The molecule has 0 saturated heterocycles. The van der Waals surface area contributed by atoms with Gasteiger partial charge in [-0.1, -0.05) is 24.3 Å². The van der Waals surface area contributed by atoms with Crippen molar-refractivity contribution in [3.8, 4) is 0 Å². The van der Waals surface area contributed by atoms with E-state index in [2.05, 4.69) is 0 Å². The van der Waals surface area contributed by atoms with E-state index in [1.165, 1.54) is 29.6 Å². The van der Waals surface area contributed by atoms with Crippen molar-refractivity contribution < 1.29 is 27.6 Å². The van der Waals surface area contributed by atoms with E-state index < -0.39 is 35.7 Å². The van der Waals surface area contributed by atoms with Crippen molar-refractivity contribution in [1.29, 1.82) is 0 Å². The molecule has 1 amide bonds. The van der Waals surface area contributed by atoms with Crippen LogP contribution >= 0.6 is 0 Å². The average molecular weight is 286 g/mol. The third-order valence-electron chi connectivity index (χ3n) is 2.91. The standard InChI is InChI=1S/C12H9F3N2O3/c13-12(14,15)10(20)17-11(16)5-8(18)6-3-1-2-4-7(6)9(11)19/h1-4H,5,16H2,(H,17,20). The number of halogens is 3. The number of rotatable bonds is 1. The molecule has 2 rings (SSSR count). The van der Waals surface area contributed by atoms with Gasteiger partial charge < -0.3 is 11.1 Å². The van der Waals surface area contributed by atoms with Gasteiger partial charge in [0, 0.05) is 11.1 Å². The molecule has 0 aliphatic heterocycles. The van der Waals surface area contributed by atoms with Crippen molar-refractivity contribution in [3.05, 3.63) is 35.4 Å². The van der Waals surface area contributed by atoms with Crippen molar-refractivity contribution >= 4 is 17.5 Å². The van der Waals surface area contributed by atoms with Crippen LogP contribution in [0.2, 0.25) is 0 Å². The normalized spacial score (nSPS) is 22.4. The molecule has 3 N–H and O–H groups in total. The van der Waals surface area contributed by atoms with Gasteiger partial charge in [0.2, 0.25) is 5.78 Å². The fourth-order valence-electron chi connectivity index (χ4n) is 1.97. The molecule has 1 aromatic carbocycles. The summed E-state index contributed by atoms with van der Waals surface area (Å²) in [5.41, 5.74) is 3.11. The van der Waals surface area contributed by atoms with Crippen LogP contribution in [0.3, 0.4) is 0 Å². The minimum Gasteiger partial charge on any atom is -0.323 e. The zero-order chi connectivity index (χ0) is 15.1. The van der Waals surface area contributed by atoms with E-state index in [9.17, 15) is 27.6 Å². The van der Waals surface area contributed by atoms with Crippen LogP contribution < -0.4 is 11.1 Å². The topological polar surface area (TPSA) is 89.3 Å². The van der Waals surface area contributed by atoms with Gasteiger partial charge in [-0.15, -0.1) is 0 Å². The molecule has 0 heterocycles. The second-order valence-electron chi connectivity index (χ2n) is 4.40. The molecular formula is C12H9F3N2O3. The van der Waals surface area contributed by atoms with Crippen LogP contribution in [-0.2, 0) is 4.79 Å². The summed E-state index contributed by atoms with van der Waals surface area (Å²) in [4.78, 5) is 34.8. The van der Waals surface area contributed by atoms with Gasteiger partial charge in [0.05, 0.1) is 6.42 Å². The highest BCUT2D eigenvalue weighted by Crippen LogP contribution is 2.26. The van der Waals surface area contributed by atoms with E-state index in [1.807, 2.05) is 0 Å². The third-order valence-corrected chi connectivity index (χ3v) is 2.91. The Morgan fingerprint density at radius 3 is 2.30 bits per heavy atom. The number of carbonyl (C=O) groups excluding carboxylic acids is 3. The molecular weight excluding hydrogens is 277 g/mol. The van der Waals surface area contributed by atoms with Gasteiger partial charge in [0.1, 0.15) is 0 Å². The van der Waals surface area contributed by atoms with Gasteiger partial charge >= 0.3 is 12.1 Å². The van der Waals surface area contributed by atoms with Crippen molar-refractivity contribution in [2.45, 2.75) is 18.3 Å². The second-order valence-corrected chi connectivity index (χ2v) is 4.40.